The number of carbonyl (C=O) groups is 1. The third kappa shape index (κ3) is 3.90. The fourth-order valence-electron chi connectivity index (χ4n) is 2.96. The van der Waals surface area contributed by atoms with Crippen LogP contribution in [0.1, 0.15) is 26.2 Å². The van der Waals surface area contributed by atoms with E-state index in [1.54, 1.807) is 0 Å². The number of nitrogens with zero attached hydrogens (tertiary/aromatic N) is 2. The summed E-state index contributed by atoms with van der Waals surface area (Å²) in [7, 11) is -3.06. The highest BCUT2D eigenvalue weighted by molar-refractivity contribution is 7.90. The van der Waals surface area contributed by atoms with E-state index in [9.17, 15) is 13.2 Å². The molecule has 0 spiro atoms. The molecule has 2 aromatic rings. The highest BCUT2D eigenvalue weighted by Crippen LogP contribution is 2.49. The number of rotatable bonds is 6. The van der Waals surface area contributed by atoms with E-state index in [0.717, 1.165) is 30.3 Å². The van der Waals surface area contributed by atoms with Crippen LogP contribution in [0.3, 0.4) is 0 Å². The summed E-state index contributed by atoms with van der Waals surface area (Å²) in [5, 5.41) is 8.31. The van der Waals surface area contributed by atoms with Crippen LogP contribution >= 0.6 is 0 Å². The minimum absolute atomic E-state index is 0.0906. The average molecular weight is 335 g/mol. The van der Waals surface area contributed by atoms with E-state index in [1.165, 1.54) is 6.26 Å². The summed E-state index contributed by atoms with van der Waals surface area (Å²) < 4.78 is 24.8. The number of aromatic nitrogens is 2. The molecule has 1 N–H and O–H groups in total. The normalized spacial score (nSPS) is 16.4. The van der Waals surface area contributed by atoms with Crippen LogP contribution in [-0.4, -0.2) is 36.1 Å². The lowest BCUT2D eigenvalue weighted by Gasteiger charge is -2.13. The lowest BCUT2D eigenvalue weighted by atomic mass is 10.1. The van der Waals surface area contributed by atoms with Gasteiger partial charge in [-0.3, -0.25) is 9.48 Å². The van der Waals surface area contributed by atoms with E-state index in [-0.39, 0.29) is 23.5 Å². The van der Waals surface area contributed by atoms with Crippen LogP contribution in [0, 0.1) is 5.41 Å². The Kier molecular flexibility index (Phi) is 3.91. The first-order valence-corrected chi connectivity index (χ1v) is 9.79. The van der Waals surface area contributed by atoms with Gasteiger partial charge in [0.15, 0.2) is 0 Å². The number of fused-ring (bicyclic) bond motifs is 1. The van der Waals surface area contributed by atoms with Gasteiger partial charge in [0.25, 0.3) is 0 Å². The van der Waals surface area contributed by atoms with Gasteiger partial charge in [-0.25, -0.2) is 8.42 Å². The summed E-state index contributed by atoms with van der Waals surface area (Å²) in [6, 6.07) is 5.61. The summed E-state index contributed by atoms with van der Waals surface area (Å²) >= 11 is 0. The molecule has 1 aliphatic rings. The van der Waals surface area contributed by atoms with Gasteiger partial charge in [0.1, 0.15) is 9.84 Å². The second-order valence-corrected chi connectivity index (χ2v) is 8.69. The van der Waals surface area contributed by atoms with Gasteiger partial charge in [-0.2, -0.15) is 5.10 Å². The van der Waals surface area contributed by atoms with Crippen molar-refractivity contribution in [3.8, 4) is 0 Å². The molecule has 6 nitrogen and oxygen atoms in total. The highest BCUT2D eigenvalue weighted by atomic mass is 32.2. The van der Waals surface area contributed by atoms with Crippen molar-refractivity contribution in [1.29, 1.82) is 0 Å². The second kappa shape index (κ2) is 5.63. The fraction of sp³-hybridized carbons (Fsp3) is 0.500. The first-order valence-electron chi connectivity index (χ1n) is 7.73. The zero-order chi connectivity index (χ0) is 16.7. The maximum Gasteiger partial charge on any atom is 0.224 e. The quantitative estimate of drug-likeness (QED) is 0.877. The zero-order valence-electron chi connectivity index (χ0n) is 13.4. The van der Waals surface area contributed by atoms with Crippen LogP contribution in [0.25, 0.3) is 10.9 Å². The Balaban J connectivity index is 1.68. The molecule has 0 unspecified atom stereocenters. The molecule has 7 heteroatoms. The zero-order valence-corrected chi connectivity index (χ0v) is 14.2. The number of amides is 1. The van der Waals surface area contributed by atoms with Crippen LogP contribution in [0.15, 0.2) is 24.4 Å². The topological polar surface area (TPSA) is 81.1 Å². The molecule has 124 valence electrons. The van der Waals surface area contributed by atoms with Crippen molar-refractivity contribution >= 4 is 32.3 Å². The smallest absolute Gasteiger partial charge is 0.224 e. The van der Waals surface area contributed by atoms with Crippen LogP contribution in [0.4, 0.5) is 5.69 Å². The molecule has 0 bridgehead atoms. The lowest BCUT2D eigenvalue weighted by Crippen LogP contribution is -2.23. The summed E-state index contributed by atoms with van der Waals surface area (Å²) in [6.07, 6.45) is 5.04. The number of hydrogen-bond donors (Lipinski definition) is 1. The first kappa shape index (κ1) is 16.0. The summed E-state index contributed by atoms with van der Waals surface area (Å²) in [4.78, 5) is 12.2. The van der Waals surface area contributed by atoms with Crippen molar-refractivity contribution in [3.05, 3.63) is 24.4 Å². The molecular weight excluding hydrogens is 314 g/mol. The molecule has 0 atom stereocenters. The Morgan fingerprint density at radius 1 is 1.39 bits per heavy atom. The molecule has 1 aromatic carbocycles. The van der Waals surface area contributed by atoms with E-state index in [1.807, 2.05) is 36.0 Å². The SMILES string of the molecule is CCn1cc2ccc(NC(=O)CC3(CS(C)(=O)=O)CC3)cc2n1. The van der Waals surface area contributed by atoms with Crippen molar-refractivity contribution in [2.75, 3.05) is 17.3 Å². The van der Waals surface area contributed by atoms with Crippen molar-refractivity contribution in [2.45, 2.75) is 32.7 Å². The minimum atomic E-state index is -3.06. The Morgan fingerprint density at radius 3 is 2.74 bits per heavy atom. The number of carbonyl (C=O) groups excluding carboxylic acids is 1. The van der Waals surface area contributed by atoms with Gasteiger partial charge in [0.05, 0.1) is 11.3 Å². The standard InChI is InChI=1S/C16H21N3O3S/c1-3-19-10-12-4-5-13(8-14(12)18-19)17-15(20)9-16(6-7-16)11-23(2,21)22/h4-5,8,10H,3,6-7,9,11H2,1-2H3,(H,17,20). The van der Waals surface area contributed by atoms with E-state index in [4.69, 9.17) is 0 Å². The third-order valence-electron chi connectivity index (χ3n) is 4.22. The lowest BCUT2D eigenvalue weighted by molar-refractivity contribution is -0.117. The van der Waals surface area contributed by atoms with Gasteiger partial charge < -0.3 is 5.32 Å². The number of nitrogens with one attached hydrogen (secondary N) is 1. The Hall–Kier alpha value is -1.89. The van der Waals surface area contributed by atoms with E-state index < -0.39 is 9.84 Å². The van der Waals surface area contributed by atoms with E-state index in [2.05, 4.69) is 10.4 Å². The number of benzene rings is 1. The molecule has 1 heterocycles. The van der Waals surface area contributed by atoms with E-state index in [0.29, 0.717) is 5.69 Å². The third-order valence-corrected chi connectivity index (χ3v) is 5.36. The molecule has 1 saturated carbocycles. The fourth-order valence-corrected chi connectivity index (χ4v) is 4.46. The molecule has 3 rings (SSSR count). The second-order valence-electron chi connectivity index (χ2n) is 6.55. The van der Waals surface area contributed by atoms with Crippen molar-refractivity contribution < 1.29 is 13.2 Å². The van der Waals surface area contributed by atoms with Gasteiger partial charge in [0.2, 0.25) is 5.91 Å². The van der Waals surface area contributed by atoms with Crippen molar-refractivity contribution in [3.63, 3.8) is 0 Å². The molecule has 1 amide bonds. The summed E-state index contributed by atoms with van der Waals surface area (Å²) in [5.74, 6) is -0.0479. The Labute approximate surface area is 135 Å². The predicted molar refractivity (Wildman–Crippen MR) is 90.0 cm³/mol. The minimum Gasteiger partial charge on any atom is -0.326 e. The molecule has 1 fully saturated rings. The van der Waals surface area contributed by atoms with Gasteiger partial charge >= 0.3 is 0 Å². The van der Waals surface area contributed by atoms with Crippen molar-refractivity contribution in [2.24, 2.45) is 5.41 Å². The van der Waals surface area contributed by atoms with Gasteiger partial charge in [-0.05, 0) is 43.4 Å². The Bertz CT molecular complexity index is 851. The number of anilines is 1. The first-order chi connectivity index (χ1) is 10.8. The highest BCUT2D eigenvalue weighted by Gasteiger charge is 2.46. The van der Waals surface area contributed by atoms with Crippen LogP contribution in [0.2, 0.25) is 0 Å². The average Bonchev–Trinajstić information content (AvgIpc) is 3.03. The number of aryl methyl sites for hydroxylation is 1. The molecule has 1 aromatic heterocycles. The maximum absolute atomic E-state index is 12.2. The van der Waals surface area contributed by atoms with Crippen LogP contribution in [-0.2, 0) is 21.2 Å². The largest absolute Gasteiger partial charge is 0.326 e. The summed E-state index contributed by atoms with van der Waals surface area (Å²) in [6.45, 7) is 2.82. The van der Waals surface area contributed by atoms with Crippen LogP contribution in [0.5, 0.6) is 0 Å². The molecule has 23 heavy (non-hydrogen) atoms. The molecule has 1 aliphatic carbocycles. The predicted octanol–water partition coefficient (Wildman–Crippen LogP) is 2.21. The number of sulfone groups is 1. The molecule has 0 saturated heterocycles. The van der Waals surface area contributed by atoms with Gasteiger partial charge in [0, 0.05) is 36.5 Å². The maximum atomic E-state index is 12.2. The monoisotopic (exact) mass is 335 g/mol. The molecule has 0 radical (unpaired) electrons. The Morgan fingerprint density at radius 2 is 2.13 bits per heavy atom. The van der Waals surface area contributed by atoms with Crippen molar-refractivity contribution in [1.82, 2.24) is 9.78 Å². The number of hydrogen-bond acceptors (Lipinski definition) is 4. The van der Waals surface area contributed by atoms with E-state index >= 15 is 0 Å². The van der Waals surface area contributed by atoms with Gasteiger partial charge in [-0.1, -0.05) is 0 Å². The molecular formula is C16H21N3O3S. The molecule has 0 aliphatic heterocycles. The van der Waals surface area contributed by atoms with Gasteiger partial charge in [-0.15, -0.1) is 0 Å². The summed E-state index contributed by atoms with van der Waals surface area (Å²) in [5.41, 5.74) is 1.17. The van der Waals surface area contributed by atoms with Crippen LogP contribution < -0.4 is 5.32 Å².